The number of hydrogen-bond acceptors (Lipinski definition) is 6. The lowest BCUT2D eigenvalue weighted by molar-refractivity contribution is 1.02. The quantitative estimate of drug-likeness (QED) is 0.750. The van der Waals surface area contributed by atoms with Crippen molar-refractivity contribution in [2.45, 2.75) is 13.5 Å². The van der Waals surface area contributed by atoms with Crippen LogP contribution in [-0.4, -0.2) is 15.0 Å². The van der Waals surface area contributed by atoms with Gasteiger partial charge in [0.1, 0.15) is 23.5 Å². The molecule has 0 radical (unpaired) electrons. The summed E-state index contributed by atoms with van der Waals surface area (Å²) in [5.74, 6) is 2.00. The molecule has 3 rings (SSSR count). The Hall–Kier alpha value is -3.46. The maximum absolute atomic E-state index is 9.18. The van der Waals surface area contributed by atoms with E-state index < -0.39 is 0 Å². The van der Waals surface area contributed by atoms with Crippen LogP contribution in [0, 0.1) is 18.3 Å². The van der Waals surface area contributed by atoms with Gasteiger partial charge in [-0.15, -0.1) is 0 Å². The molecule has 6 heteroatoms. The molecule has 0 saturated heterocycles. The fraction of sp³-hybridized carbons (Fsp3) is 0.111. The molecule has 0 saturated carbocycles. The topological polar surface area (TPSA) is 86.5 Å². The van der Waals surface area contributed by atoms with E-state index in [0.717, 1.165) is 17.1 Å². The Bertz CT molecular complexity index is 870. The van der Waals surface area contributed by atoms with E-state index in [9.17, 15) is 5.26 Å². The molecule has 1 aromatic carbocycles. The molecule has 0 atom stereocenters. The Morgan fingerprint density at radius 2 is 1.79 bits per heavy atom. The lowest BCUT2D eigenvalue weighted by atomic mass is 10.2. The molecule has 0 bridgehead atoms. The van der Waals surface area contributed by atoms with Gasteiger partial charge in [-0.25, -0.2) is 9.97 Å². The van der Waals surface area contributed by atoms with Gasteiger partial charge in [-0.1, -0.05) is 12.1 Å². The highest BCUT2D eigenvalue weighted by molar-refractivity contribution is 5.65. The van der Waals surface area contributed by atoms with E-state index in [1.54, 1.807) is 18.5 Å². The molecule has 6 nitrogen and oxygen atoms in total. The normalized spacial score (nSPS) is 10.0. The maximum atomic E-state index is 9.18. The lowest BCUT2D eigenvalue weighted by Crippen LogP contribution is -2.05. The Labute approximate surface area is 140 Å². The second kappa shape index (κ2) is 7.20. The molecule has 0 aliphatic heterocycles. The number of nitrogens with one attached hydrogen (secondary N) is 2. The van der Waals surface area contributed by atoms with E-state index in [1.165, 1.54) is 0 Å². The summed E-state index contributed by atoms with van der Waals surface area (Å²) < 4.78 is 0. The predicted molar refractivity (Wildman–Crippen MR) is 92.8 cm³/mol. The Balaban J connectivity index is 1.78. The molecular weight excluding hydrogens is 300 g/mol. The van der Waals surface area contributed by atoms with Crippen LogP contribution in [0.2, 0.25) is 0 Å². The summed E-state index contributed by atoms with van der Waals surface area (Å²) in [6, 6.07) is 15.2. The molecule has 0 amide bonds. The number of para-hydroxylation sites is 1. The van der Waals surface area contributed by atoms with Crippen LogP contribution in [0.15, 0.2) is 54.9 Å². The standard InChI is InChI=1S/C18H16N6/c1-13-22-17(21-12-14-6-8-20-9-7-14)10-18(23-13)24-16-5-3-2-4-15(16)11-19/h2-10H,12H2,1H3,(H2,21,22,23,24). The average Bonchev–Trinajstić information content (AvgIpc) is 2.61. The van der Waals surface area contributed by atoms with Crippen molar-refractivity contribution in [2.24, 2.45) is 0 Å². The largest absolute Gasteiger partial charge is 0.366 e. The van der Waals surface area contributed by atoms with Crippen molar-refractivity contribution in [3.63, 3.8) is 0 Å². The Kier molecular flexibility index (Phi) is 4.63. The summed E-state index contributed by atoms with van der Waals surface area (Å²) in [5.41, 5.74) is 2.41. The monoisotopic (exact) mass is 316 g/mol. The first-order valence-corrected chi connectivity index (χ1v) is 7.49. The molecule has 3 aromatic rings. The van der Waals surface area contributed by atoms with E-state index in [4.69, 9.17) is 0 Å². The zero-order chi connectivity index (χ0) is 16.8. The molecule has 0 aliphatic carbocycles. The van der Waals surface area contributed by atoms with Crippen LogP contribution in [0.3, 0.4) is 0 Å². The SMILES string of the molecule is Cc1nc(NCc2ccncc2)cc(Nc2ccccc2C#N)n1. The number of pyridine rings is 1. The average molecular weight is 316 g/mol. The smallest absolute Gasteiger partial charge is 0.136 e. The van der Waals surface area contributed by atoms with E-state index >= 15 is 0 Å². The van der Waals surface area contributed by atoms with Gasteiger partial charge < -0.3 is 10.6 Å². The molecule has 2 N–H and O–H groups in total. The van der Waals surface area contributed by atoms with Gasteiger partial charge in [0.05, 0.1) is 11.3 Å². The van der Waals surface area contributed by atoms with Crippen molar-refractivity contribution >= 4 is 17.3 Å². The summed E-state index contributed by atoms with van der Waals surface area (Å²) in [5, 5.41) is 15.6. The molecule has 24 heavy (non-hydrogen) atoms. The van der Waals surface area contributed by atoms with Gasteiger partial charge in [-0.3, -0.25) is 4.98 Å². The predicted octanol–water partition coefficient (Wildman–Crippen LogP) is 3.41. The fourth-order valence-electron chi connectivity index (χ4n) is 2.24. The van der Waals surface area contributed by atoms with Gasteiger partial charge in [-0.05, 0) is 36.8 Å². The first kappa shape index (κ1) is 15.4. The van der Waals surface area contributed by atoms with Crippen molar-refractivity contribution < 1.29 is 0 Å². The Morgan fingerprint density at radius 1 is 1.04 bits per heavy atom. The number of nitrogens with zero attached hydrogens (tertiary/aromatic N) is 4. The second-order valence-electron chi connectivity index (χ2n) is 5.18. The van der Waals surface area contributed by atoms with Crippen molar-refractivity contribution in [1.82, 2.24) is 15.0 Å². The van der Waals surface area contributed by atoms with Crippen molar-refractivity contribution in [1.29, 1.82) is 5.26 Å². The highest BCUT2D eigenvalue weighted by atomic mass is 15.1. The van der Waals surface area contributed by atoms with Gasteiger partial charge in [0, 0.05) is 25.0 Å². The molecule has 0 unspecified atom stereocenters. The Morgan fingerprint density at radius 3 is 2.58 bits per heavy atom. The molecule has 2 aromatic heterocycles. The zero-order valence-electron chi connectivity index (χ0n) is 13.2. The highest BCUT2D eigenvalue weighted by Gasteiger charge is 2.05. The van der Waals surface area contributed by atoms with Gasteiger partial charge in [0.2, 0.25) is 0 Å². The number of hydrogen-bond donors (Lipinski definition) is 2. The fourth-order valence-corrected chi connectivity index (χ4v) is 2.24. The van der Waals surface area contributed by atoms with Crippen LogP contribution in [0.5, 0.6) is 0 Å². The second-order valence-corrected chi connectivity index (χ2v) is 5.18. The van der Waals surface area contributed by atoms with Crippen LogP contribution in [0.1, 0.15) is 17.0 Å². The molecule has 0 fully saturated rings. The van der Waals surface area contributed by atoms with E-state index in [2.05, 4.69) is 31.7 Å². The molecule has 2 heterocycles. The first-order valence-electron chi connectivity index (χ1n) is 7.49. The minimum Gasteiger partial charge on any atom is -0.366 e. The van der Waals surface area contributed by atoms with E-state index in [0.29, 0.717) is 23.8 Å². The zero-order valence-corrected chi connectivity index (χ0v) is 13.2. The molecule has 118 valence electrons. The maximum Gasteiger partial charge on any atom is 0.136 e. The number of rotatable bonds is 5. The van der Waals surface area contributed by atoms with Gasteiger partial charge in [0.15, 0.2) is 0 Å². The third-order valence-corrected chi connectivity index (χ3v) is 3.37. The van der Waals surface area contributed by atoms with Crippen LogP contribution in [0.4, 0.5) is 17.3 Å². The summed E-state index contributed by atoms with van der Waals surface area (Å²) in [7, 11) is 0. The number of aromatic nitrogens is 3. The van der Waals surface area contributed by atoms with Crippen LogP contribution < -0.4 is 10.6 Å². The number of anilines is 3. The number of benzene rings is 1. The molecule has 0 aliphatic rings. The molecule has 0 spiro atoms. The van der Waals surface area contributed by atoms with Crippen molar-refractivity contribution in [2.75, 3.05) is 10.6 Å². The third-order valence-electron chi connectivity index (χ3n) is 3.37. The first-order chi connectivity index (χ1) is 11.7. The van der Waals surface area contributed by atoms with Crippen molar-refractivity contribution in [3.8, 4) is 6.07 Å². The summed E-state index contributed by atoms with van der Waals surface area (Å²) in [6.07, 6.45) is 3.52. The number of aryl methyl sites for hydroxylation is 1. The van der Waals surface area contributed by atoms with Gasteiger partial charge in [-0.2, -0.15) is 5.26 Å². The van der Waals surface area contributed by atoms with Crippen LogP contribution in [-0.2, 0) is 6.54 Å². The van der Waals surface area contributed by atoms with Crippen LogP contribution in [0.25, 0.3) is 0 Å². The molecular formula is C18H16N6. The van der Waals surface area contributed by atoms with Gasteiger partial charge in [0.25, 0.3) is 0 Å². The lowest BCUT2D eigenvalue weighted by Gasteiger charge is -2.11. The van der Waals surface area contributed by atoms with E-state index in [-0.39, 0.29) is 0 Å². The summed E-state index contributed by atoms with van der Waals surface area (Å²) in [4.78, 5) is 12.8. The van der Waals surface area contributed by atoms with E-state index in [1.807, 2.05) is 43.3 Å². The summed E-state index contributed by atoms with van der Waals surface area (Å²) in [6.45, 7) is 2.48. The minimum atomic E-state index is 0.570. The third kappa shape index (κ3) is 3.84. The number of nitriles is 1. The van der Waals surface area contributed by atoms with Crippen molar-refractivity contribution in [3.05, 3.63) is 71.8 Å². The van der Waals surface area contributed by atoms with Gasteiger partial charge >= 0.3 is 0 Å². The highest BCUT2D eigenvalue weighted by Crippen LogP contribution is 2.20. The minimum absolute atomic E-state index is 0.570. The van der Waals surface area contributed by atoms with Crippen LogP contribution >= 0.6 is 0 Å². The summed E-state index contributed by atoms with van der Waals surface area (Å²) >= 11 is 0.